The molecule has 0 saturated heterocycles. The lowest BCUT2D eigenvalue weighted by Gasteiger charge is -2.18. The monoisotopic (exact) mass is 376 g/mol. The normalized spacial score (nSPS) is 12.6. The molecule has 1 amide bonds. The van der Waals surface area contributed by atoms with Crippen LogP contribution in [0.15, 0.2) is 23.2 Å². The minimum absolute atomic E-state index is 0.126. The van der Waals surface area contributed by atoms with E-state index < -0.39 is 0 Å². The number of anilines is 1. The van der Waals surface area contributed by atoms with Crippen LogP contribution in [0.1, 0.15) is 59.4 Å². The molecular weight excluding hydrogens is 340 g/mol. The fourth-order valence-electron chi connectivity index (χ4n) is 2.77. The molecule has 1 aromatic rings. The molecule has 1 atom stereocenters. The number of aliphatic imine (C=N–C) groups is 1. The van der Waals surface area contributed by atoms with Crippen LogP contribution in [0.3, 0.4) is 0 Å². The Bertz CT molecular complexity index is 614. The highest BCUT2D eigenvalue weighted by molar-refractivity contribution is 5.90. The van der Waals surface area contributed by atoms with Crippen LogP contribution in [0.5, 0.6) is 5.75 Å². The van der Waals surface area contributed by atoms with E-state index in [1.165, 1.54) is 19.8 Å². The summed E-state index contributed by atoms with van der Waals surface area (Å²) < 4.78 is 5.30. The van der Waals surface area contributed by atoms with Crippen molar-refractivity contribution in [1.82, 2.24) is 10.6 Å². The first-order valence-corrected chi connectivity index (χ1v) is 9.85. The van der Waals surface area contributed by atoms with Crippen LogP contribution in [0.2, 0.25) is 0 Å². The van der Waals surface area contributed by atoms with Gasteiger partial charge in [0.05, 0.1) is 19.3 Å². The maximum absolute atomic E-state index is 11.4. The maximum atomic E-state index is 11.4. The van der Waals surface area contributed by atoms with Gasteiger partial charge < -0.3 is 20.7 Å². The molecule has 0 saturated carbocycles. The number of amides is 1. The summed E-state index contributed by atoms with van der Waals surface area (Å²) in [4.78, 5) is 16.1. The first kappa shape index (κ1) is 22.8. The molecular formula is C21H36N4O2. The molecule has 27 heavy (non-hydrogen) atoms. The fraction of sp³-hybridized carbons (Fsp3) is 0.619. The van der Waals surface area contributed by atoms with Crippen molar-refractivity contribution < 1.29 is 9.53 Å². The summed E-state index contributed by atoms with van der Waals surface area (Å²) in [7, 11) is 1.59. The number of ether oxygens (including phenoxy) is 1. The quantitative estimate of drug-likeness (QED) is 0.427. The van der Waals surface area contributed by atoms with Gasteiger partial charge in [0.25, 0.3) is 0 Å². The minimum Gasteiger partial charge on any atom is -0.495 e. The van der Waals surface area contributed by atoms with Crippen molar-refractivity contribution in [2.45, 2.75) is 66.5 Å². The highest BCUT2D eigenvalue weighted by atomic mass is 16.5. The van der Waals surface area contributed by atoms with Crippen LogP contribution in [0.25, 0.3) is 0 Å². The Morgan fingerprint density at radius 2 is 1.96 bits per heavy atom. The molecule has 0 bridgehead atoms. The third-order valence-electron chi connectivity index (χ3n) is 4.14. The molecule has 1 aromatic carbocycles. The number of carbonyl (C=O) groups excluding carboxylic acids is 1. The highest BCUT2D eigenvalue weighted by Gasteiger charge is 2.08. The molecule has 0 aliphatic rings. The van der Waals surface area contributed by atoms with Crippen molar-refractivity contribution in [2.24, 2.45) is 10.9 Å². The predicted molar refractivity (Wildman–Crippen MR) is 113 cm³/mol. The van der Waals surface area contributed by atoms with Crippen LogP contribution in [-0.2, 0) is 11.3 Å². The zero-order chi connectivity index (χ0) is 20.2. The lowest BCUT2D eigenvalue weighted by atomic mass is 10.0. The molecule has 0 aliphatic heterocycles. The number of rotatable bonds is 10. The third-order valence-corrected chi connectivity index (χ3v) is 4.14. The molecule has 0 spiro atoms. The van der Waals surface area contributed by atoms with Crippen molar-refractivity contribution in [3.63, 3.8) is 0 Å². The van der Waals surface area contributed by atoms with E-state index in [9.17, 15) is 4.79 Å². The molecule has 6 heteroatoms. The van der Waals surface area contributed by atoms with Gasteiger partial charge in [-0.2, -0.15) is 0 Å². The summed E-state index contributed by atoms with van der Waals surface area (Å²) >= 11 is 0. The van der Waals surface area contributed by atoms with Crippen molar-refractivity contribution in [3.05, 3.63) is 23.8 Å². The van der Waals surface area contributed by atoms with E-state index in [4.69, 9.17) is 4.74 Å². The topological polar surface area (TPSA) is 74.8 Å². The van der Waals surface area contributed by atoms with Gasteiger partial charge in [0.1, 0.15) is 5.75 Å². The molecule has 0 fully saturated rings. The molecule has 3 N–H and O–H groups in total. The smallest absolute Gasteiger partial charge is 0.221 e. The Labute approximate surface area is 164 Å². The summed E-state index contributed by atoms with van der Waals surface area (Å²) in [6.45, 7) is 11.6. The Kier molecular flexibility index (Phi) is 10.3. The molecule has 152 valence electrons. The van der Waals surface area contributed by atoms with Crippen molar-refractivity contribution in [2.75, 3.05) is 19.0 Å². The van der Waals surface area contributed by atoms with Crippen molar-refractivity contribution in [3.8, 4) is 5.75 Å². The average Bonchev–Trinajstić information content (AvgIpc) is 2.59. The van der Waals surface area contributed by atoms with Crippen LogP contribution in [-0.4, -0.2) is 31.6 Å². The number of nitrogens with zero attached hydrogens (tertiary/aromatic N) is 1. The van der Waals surface area contributed by atoms with Gasteiger partial charge in [0.2, 0.25) is 5.91 Å². The SMILES string of the molecule is CCNC(=NCc1ccc(OC)c(NC(C)=O)c1)NC(C)CCCC(C)C. The second-order valence-corrected chi connectivity index (χ2v) is 7.28. The third kappa shape index (κ3) is 9.31. The molecule has 0 aliphatic carbocycles. The number of benzene rings is 1. The maximum Gasteiger partial charge on any atom is 0.221 e. The van der Waals surface area contributed by atoms with E-state index in [-0.39, 0.29) is 5.91 Å². The fourth-order valence-corrected chi connectivity index (χ4v) is 2.77. The second-order valence-electron chi connectivity index (χ2n) is 7.28. The van der Waals surface area contributed by atoms with Gasteiger partial charge in [0, 0.05) is 19.5 Å². The van der Waals surface area contributed by atoms with Gasteiger partial charge in [-0.05, 0) is 43.9 Å². The van der Waals surface area contributed by atoms with Crippen LogP contribution < -0.4 is 20.7 Å². The standard InChI is InChI=1S/C21H36N4O2/c1-7-22-21(24-16(4)10-8-9-15(2)3)23-14-18-11-12-20(27-6)19(13-18)25-17(5)26/h11-13,15-16H,7-10,14H2,1-6H3,(H,25,26)(H2,22,23,24). The Hall–Kier alpha value is -2.24. The summed E-state index contributed by atoms with van der Waals surface area (Å²) in [5, 5.41) is 9.57. The van der Waals surface area contributed by atoms with E-state index in [0.717, 1.165) is 30.4 Å². The number of carbonyl (C=O) groups is 1. The first-order chi connectivity index (χ1) is 12.8. The number of hydrogen-bond acceptors (Lipinski definition) is 3. The van der Waals surface area contributed by atoms with Gasteiger partial charge in [-0.15, -0.1) is 0 Å². The first-order valence-electron chi connectivity index (χ1n) is 9.85. The Morgan fingerprint density at radius 3 is 2.56 bits per heavy atom. The highest BCUT2D eigenvalue weighted by Crippen LogP contribution is 2.25. The zero-order valence-electron chi connectivity index (χ0n) is 17.7. The Morgan fingerprint density at radius 1 is 1.22 bits per heavy atom. The number of hydrogen-bond donors (Lipinski definition) is 3. The van der Waals surface area contributed by atoms with E-state index in [0.29, 0.717) is 24.0 Å². The zero-order valence-corrected chi connectivity index (χ0v) is 17.7. The predicted octanol–water partition coefficient (Wildman–Crippen LogP) is 3.92. The van der Waals surface area contributed by atoms with E-state index in [1.807, 2.05) is 18.2 Å². The second kappa shape index (κ2) is 12.2. The van der Waals surface area contributed by atoms with Crippen molar-refractivity contribution in [1.29, 1.82) is 0 Å². The molecule has 0 heterocycles. The summed E-state index contributed by atoms with van der Waals surface area (Å²) in [6, 6.07) is 6.08. The summed E-state index contributed by atoms with van der Waals surface area (Å²) in [5.74, 6) is 2.07. The average molecular weight is 377 g/mol. The van der Waals surface area contributed by atoms with Crippen LogP contribution in [0.4, 0.5) is 5.69 Å². The summed E-state index contributed by atoms with van der Waals surface area (Å²) in [6.07, 6.45) is 3.58. The van der Waals surface area contributed by atoms with Gasteiger partial charge >= 0.3 is 0 Å². The van der Waals surface area contributed by atoms with Gasteiger partial charge in [0.15, 0.2) is 5.96 Å². The molecule has 0 aromatic heterocycles. The van der Waals surface area contributed by atoms with E-state index >= 15 is 0 Å². The van der Waals surface area contributed by atoms with E-state index in [1.54, 1.807) is 7.11 Å². The number of nitrogens with one attached hydrogen (secondary N) is 3. The van der Waals surface area contributed by atoms with Crippen LogP contribution in [0, 0.1) is 5.92 Å². The minimum atomic E-state index is -0.126. The number of methoxy groups -OCH3 is 1. The Balaban J connectivity index is 2.75. The largest absolute Gasteiger partial charge is 0.495 e. The lowest BCUT2D eigenvalue weighted by molar-refractivity contribution is -0.114. The van der Waals surface area contributed by atoms with E-state index in [2.05, 4.69) is 48.6 Å². The van der Waals surface area contributed by atoms with Crippen LogP contribution >= 0.6 is 0 Å². The molecule has 1 rings (SSSR count). The molecule has 0 radical (unpaired) electrons. The van der Waals surface area contributed by atoms with Crippen molar-refractivity contribution >= 4 is 17.6 Å². The summed E-state index contributed by atoms with van der Waals surface area (Å²) in [5.41, 5.74) is 1.67. The molecule has 6 nitrogen and oxygen atoms in total. The van der Waals surface area contributed by atoms with Gasteiger partial charge in [-0.25, -0.2) is 4.99 Å². The van der Waals surface area contributed by atoms with Gasteiger partial charge in [-0.1, -0.05) is 32.8 Å². The number of guanidine groups is 1. The lowest BCUT2D eigenvalue weighted by Crippen LogP contribution is -2.42. The van der Waals surface area contributed by atoms with Gasteiger partial charge in [-0.3, -0.25) is 4.79 Å². The molecule has 1 unspecified atom stereocenters.